The van der Waals surface area contributed by atoms with Gasteiger partial charge in [0, 0.05) is 11.4 Å². The minimum atomic E-state index is -0.819. The van der Waals surface area contributed by atoms with Crippen LogP contribution in [0.1, 0.15) is 29.3 Å². The molecule has 0 aliphatic heterocycles. The second-order valence-corrected chi connectivity index (χ2v) is 5.09. The van der Waals surface area contributed by atoms with E-state index in [-0.39, 0.29) is 12.4 Å². The number of carboxylic acids is 1. The Balaban J connectivity index is 1.95. The first-order chi connectivity index (χ1) is 8.61. The van der Waals surface area contributed by atoms with Crippen molar-refractivity contribution in [2.24, 2.45) is 0 Å². The fourth-order valence-electron chi connectivity index (χ4n) is 1.92. The van der Waals surface area contributed by atoms with Crippen LogP contribution in [0.2, 0.25) is 0 Å². The summed E-state index contributed by atoms with van der Waals surface area (Å²) in [7, 11) is 1.34. The van der Waals surface area contributed by atoms with Gasteiger partial charge < -0.3 is 15.2 Å². The van der Waals surface area contributed by atoms with Gasteiger partial charge in [0.15, 0.2) is 5.13 Å². The van der Waals surface area contributed by atoms with Gasteiger partial charge in [0.25, 0.3) is 0 Å². The second-order valence-electron chi connectivity index (χ2n) is 4.01. The van der Waals surface area contributed by atoms with Crippen LogP contribution in [0.25, 0.3) is 0 Å². The molecule has 2 rings (SSSR count). The van der Waals surface area contributed by atoms with Crippen molar-refractivity contribution in [1.29, 1.82) is 0 Å². The number of fused-ring (bicyclic) bond motifs is 1. The summed E-state index contributed by atoms with van der Waals surface area (Å²) in [5.41, 5.74) is 0.674. The molecule has 1 aliphatic carbocycles. The van der Waals surface area contributed by atoms with E-state index >= 15 is 0 Å². The summed E-state index contributed by atoms with van der Waals surface area (Å²) in [6, 6.07) is 0. The predicted molar refractivity (Wildman–Crippen MR) is 65.9 cm³/mol. The molecule has 2 N–H and O–H groups in total. The lowest BCUT2D eigenvalue weighted by atomic mass is 10.1. The van der Waals surface area contributed by atoms with Crippen LogP contribution >= 0.6 is 11.3 Å². The molecule has 0 saturated heterocycles. The molecule has 0 amide bonds. The van der Waals surface area contributed by atoms with E-state index in [4.69, 9.17) is 5.11 Å². The van der Waals surface area contributed by atoms with Crippen molar-refractivity contribution < 1.29 is 19.4 Å². The first-order valence-corrected chi connectivity index (χ1v) is 6.46. The molecule has 1 aromatic heterocycles. The van der Waals surface area contributed by atoms with E-state index in [1.807, 2.05) is 0 Å². The molecular weight excluding hydrogens is 256 g/mol. The number of methoxy groups -OCH3 is 1. The third kappa shape index (κ3) is 2.61. The van der Waals surface area contributed by atoms with Gasteiger partial charge in [-0.15, -0.1) is 11.3 Å². The van der Waals surface area contributed by atoms with Gasteiger partial charge in [0.2, 0.25) is 0 Å². The fourth-order valence-corrected chi connectivity index (χ4v) is 2.98. The number of rotatable bonds is 5. The van der Waals surface area contributed by atoms with E-state index in [1.165, 1.54) is 18.4 Å². The molecule has 18 heavy (non-hydrogen) atoms. The Labute approximate surface area is 108 Å². The zero-order chi connectivity index (χ0) is 13.1. The maximum absolute atomic E-state index is 11.0. The molecule has 7 heteroatoms. The van der Waals surface area contributed by atoms with Crippen molar-refractivity contribution >= 4 is 28.4 Å². The topological polar surface area (TPSA) is 88.5 Å². The Morgan fingerprint density at radius 1 is 1.61 bits per heavy atom. The zero-order valence-electron chi connectivity index (χ0n) is 9.93. The van der Waals surface area contributed by atoms with Crippen LogP contribution in [0, 0.1) is 0 Å². The second kappa shape index (κ2) is 5.34. The van der Waals surface area contributed by atoms with E-state index in [2.05, 4.69) is 15.0 Å². The van der Waals surface area contributed by atoms with Gasteiger partial charge in [0.1, 0.15) is 5.92 Å². The molecule has 6 nitrogen and oxygen atoms in total. The van der Waals surface area contributed by atoms with Gasteiger partial charge in [0.05, 0.1) is 19.2 Å². The molecule has 0 radical (unpaired) electrons. The van der Waals surface area contributed by atoms with Gasteiger partial charge in [-0.1, -0.05) is 0 Å². The number of hydrogen-bond donors (Lipinski definition) is 2. The van der Waals surface area contributed by atoms with Gasteiger partial charge >= 0.3 is 11.9 Å². The summed E-state index contributed by atoms with van der Waals surface area (Å²) >= 11 is 1.46. The van der Waals surface area contributed by atoms with Gasteiger partial charge in [-0.05, 0) is 12.8 Å². The number of anilines is 1. The van der Waals surface area contributed by atoms with Crippen LogP contribution < -0.4 is 5.32 Å². The van der Waals surface area contributed by atoms with Crippen molar-refractivity contribution in [2.45, 2.75) is 25.2 Å². The number of carbonyl (C=O) groups is 2. The number of nitrogens with one attached hydrogen (secondary N) is 1. The number of hydrogen-bond acceptors (Lipinski definition) is 6. The molecule has 0 aromatic carbocycles. The summed E-state index contributed by atoms with van der Waals surface area (Å²) in [5, 5.41) is 12.7. The summed E-state index contributed by atoms with van der Waals surface area (Å²) < 4.78 is 4.52. The molecular formula is C11H14N2O4S. The smallest absolute Gasteiger partial charge is 0.312 e. The molecule has 0 saturated carbocycles. The minimum Gasteiger partial charge on any atom is -0.481 e. The highest BCUT2D eigenvalue weighted by Crippen LogP contribution is 2.38. The summed E-state index contributed by atoms with van der Waals surface area (Å²) in [4.78, 5) is 27.2. The molecule has 0 bridgehead atoms. The van der Waals surface area contributed by atoms with Crippen molar-refractivity contribution in [2.75, 3.05) is 19.0 Å². The van der Waals surface area contributed by atoms with Crippen molar-refractivity contribution in [3.8, 4) is 0 Å². The van der Waals surface area contributed by atoms with Gasteiger partial charge in [-0.3, -0.25) is 9.59 Å². The highest BCUT2D eigenvalue weighted by atomic mass is 32.1. The largest absolute Gasteiger partial charge is 0.481 e. The average Bonchev–Trinajstić information content (AvgIpc) is 2.87. The number of aromatic nitrogens is 1. The lowest BCUT2D eigenvalue weighted by molar-refractivity contribution is -0.140. The van der Waals surface area contributed by atoms with Crippen LogP contribution in [0.4, 0.5) is 5.13 Å². The van der Waals surface area contributed by atoms with Crippen molar-refractivity contribution in [3.63, 3.8) is 0 Å². The van der Waals surface area contributed by atoms with E-state index in [0.717, 1.165) is 11.3 Å². The molecule has 1 unspecified atom stereocenters. The van der Waals surface area contributed by atoms with Gasteiger partial charge in [-0.2, -0.15) is 0 Å². The maximum atomic E-state index is 11.0. The number of aliphatic carboxylic acids is 1. The van der Waals surface area contributed by atoms with Crippen LogP contribution in [0.5, 0.6) is 0 Å². The van der Waals surface area contributed by atoms with Crippen LogP contribution in [-0.2, 0) is 20.7 Å². The number of esters is 1. The maximum Gasteiger partial charge on any atom is 0.312 e. The van der Waals surface area contributed by atoms with Crippen molar-refractivity contribution in [1.82, 2.24) is 4.98 Å². The SMILES string of the molecule is COC(=O)CCNc1nc2c(s1)CCC2C(=O)O. The number of nitrogens with zero attached hydrogens (tertiary/aromatic N) is 1. The van der Waals surface area contributed by atoms with E-state index in [1.54, 1.807) is 0 Å². The first kappa shape index (κ1) is 12.8. The number of ether oxygens (including phenoxy) is 1. The van der Waals surface area contributed by atoms with Crippen LogP contribution in [0.15, 0.2) is 0 Å². The lowest BCUT2D eigenvalue weighted by Crippen LogP contribution is -2.11. The normalized spacial score (nSPS) is 17.3. The van der Waals surface area contributed by atoms with Crippen LogP contribution in [-0.4, -0.2) is 35.7 Å². The lowest BCUT2D eigenvalue weighted by Gasteiger charge is -2.03. The number of carboxylic acid groups (broad SMARTS) is 1. The Hall–Kier alpha value is -1.63. The highest BCUT2D eigenvalue weighted by molar-refractivity contribution is 7.15. The summed E-state index contributed by atoms with van der Waals surface area (Å²) in [6.45, 7) is 0.441. The third-order valence-electron chi connectivity index (χ3n) is 2.85. The first-order valence-electron chi connectivity index (χ1n) is 5.65. The minimum absolute atomic E-state index is 0.267. The third-order valence-corrected chi connectivity index (χ3v) is 3.94. The van der Waals surface area contributed by atoms with E-state index in [0.29, 0.717) is 23.8 Å². The average molecular weight is 270 g/mol. The fraction of sp³-hybridized carbons (Fsp3) is 0.545. The molecule has 0 fully saturated rings. The molecule has 1 atom stereocenters. The monoisotopic (exact) mass is 270 g/mol. The quantitative estimate of drug-likeness (QED) is 0.782. The number of thiazole rings is 1. The Morgan fingerprint density at radius 2 is 2.39 bits per heavy atom. The Kier molecular flexibility index (Phi) is 3.81. The molecule has 1 heterocycles. The van der Waals surface area contributed by atoms with Gasteiger partial charge in [-0.25, -0.2) is 4.98 Å². The molecule has 1 aliphatic rings. The summed E-state index contributed by atoms with van der Waals surface area (Å²) in [6.07, 6.45) is 1.66. The number of aryl methyl sites for hydroxylation is 1. The van der Waals surface area contributed by atoms with E-state index < -0.39 is 11.9 Å². The zero-order valence-corrected chi connectivity index (χ0v) is 10.7. The summed E-state index contributed by atoms with van der Waals surface area (Å²) in [5.74, 6) is -1.58. The van der Waals surface area contributed by atoms with Crippen LogP contribution in [0.3, 0.4) is 0 Å². The van der Waals surface area contributed by atoms with E-state index in [9.17, 15) is 9.59 Å². The molecule has 98 valence electrons. The standard InChI is InChI=1S/C11H14N2O4S/c1-17-8(14)4-5-12-11-13-9-6(10(15)16)2-3-7(9)18-11/h6H,2-5H2,1H3,(H,12,13)(H,15,16). The predicted octanol–water partition coefficient (Wildman–Crippen LogP) is 1.23. The molecule has 1 aromatic rings. The van der Waals surface area contributed by atoms with Crippen molar-refractivity contribution in [3.05, 3.63) is 10.6 Å². The Morgan fingerprint density at radius 3 is 3.06 bits per heavy atom. The molecule has 0 spiro atoms. The highest BCUT2D eigenvalue weighted by Gasteiger charge is 2.32. The Bertz CT molecular complexity index is 472. The number of carbonyl (C=O) groups excluding carboxylic acids is 1.